The van der Waals surface area contributed by atoms with Gasteiger partial charge >= 0.3 is 5.97 Å². The first-order valence-corrected chi connectivity index (χ1v) is 8.18. The second kappa shape index (κ2) is 7.03. The Morgan fingerprint density at radius 2 is 1.92 bits per heavy atom. The minimum Gasteiger partial charge on any atom is -0.480 e. The van der Waals surface area contributed by atoms with E-state index in [1.54, 1.807) is 18.3 Å². The monoisotopic (exact) mass is 340 g/mol. The van der Waals surface area contributed by atoms with Gasteiger partial charge < -0.3 is 15.2 Å². The van der Waals surface area contributed by atoms with Gasteiger partial charge in [-0.15, -0.1) is 0 Å². The van der Waals surface area contributed by atoms with Crippen LogP contribution in [0.1, 0.15) is 28.8 Å². The Hall–Kier alpha value is -2.73. The van der Waals surface area contributed by atoms with E-state index in [1.165, 1.54) is 0 Å². The maximum absolute atomic E-state index is 12.8. The van der Waals surface area contributed by atoms with E-state index in [1.807, 2.05) is 31.2 Å². The van der Waals surface area contributed by atoms with E-state index in [-0.39, 0.29) is 18.7 Å². The molecule has 0 bridgehead atoms. The fourth-order valence-corrected chi connectivity index (χ4v) is 3.08. The molecule has 6 nitrogen and oxygen atoms in total. The quantitative estimate of drug-likeness (QED) is 0.892. The van der Waals surface area contributed by atoms with Crippen molar-refractivity contribution in [1.82, 2.24) is 10.3 Å². The fourth-order valence-electron chi connectivity index (χ4n) is 3.08. The number of carbonyl (C=O) groups is 2. The van der Waals surface area contributed by atoms with Crippen molar-refractivity contribution < 1.29 is 19.4 Å². The molecule has 6 heteroatoms. The summed E-state index contributed by atoms with van der Waals surface area (Å²) in [5.74, 6) is -1.41. The summed E-state index contributed by atoms with van der Waals surface area (Å²) in [6.45, 7) is 2.48. The number of amides is 1. The molecule has 0 spiro atoms. The molecule has 2 heterocycles. The molecule has 0 radical (unpaired) electrons. The number of carboxylic acids is 1. The molecular formula is C19H20N2O4. The fraction of sp³-hybridized carbons (Fsp3) is 0.316. The molecule has 1 aliphatic rings. The lowest BCUT2D eigenvalue weighted by atomic mass is 9.89. The molecule has 0 aliphatic carbocycles. The van der Waals surface area contributed by atoms with Gasteiger partial charge in [-0.05, 0) is 30.7 Å². The third-order valence-electron chi connectivity index (χ3n) is 4.63. The number of benzene rings is 1. The molecule has 1 aromatic heterocycles. The molecule has 25 heavy (non-hydrogen) atoms. The maximum Gasteiger partial charge on any atom is 0.329 e. The molecule has 1 aromatic carbocycles. The maximum atomic E-state index is 12.8. The summed E-state index contributed by atoms with van der Waals surface area (Å²) in [5, 5.41) is 12.3. The minimum absolute atomic E-state index is 0.257. The Bertz CT molecular complexity index is 783. The summed E-state index contributed by atoms with van der Waals surface area (Å²) >= 11 is 0. The third-order valence-corrected chi connectivity index (χ3v) is 4.63. The van der Waals surface area contributed by atoms with Crippen LogP contribution >= 0.6 is 0 Å². The zero-order valence-corrected chi connectivity index (χ0v) is 14.0. The zero-order chi connectivity index (χ0) is 17.9. The number of carbonyl (C=O) groups excluding carboxylic acids is 1. The van der Waals surface area contributed by atoms with Gasteiger partial charge in [-0.2, -0.15) is 0 Å². The van der Waals surface area contributed by atoms with Crippen LogP contribution in [-0.2, 0) is 9.53 Å². The van der Waals surface area contributed by atoms with Gasteiger partial charge in [-0.3, -0.25) is 9.78 Å². The Balaban J connectivity index is 1.91. The highest BCUT2D eigenvalue weighted by atomic mass is 16.5. The molecule has 2 N–H and O–H groups in total. The van der Waals surface area contributed by atoms with Gasteiger partial charge in [-0.25, -0.2) is 4.79 Å². The van der Waals surface area contributed by atoms with E-state index in [2.05, 4.69) is 10.3 Å². The van der Waals surface area contributed by atoms with E-state index in [9.17, 15) is 14.7 Å². The van der Waals surface area contributed by atoms with Crippen molar-refractivity contribution >= 4 is 11.9 Å². The lowest BCUT2D eigenvalue weighted by molar-refractivity contribution is -0.148. The Labute approximate surface area is 145 Å². The van der Waals surface area contributed by atoms with Crippen LogP contribution in [0.25, 0.3) is 11.3 Å². The first-order valence-electron chi connectivity index (χ1n) is 8.18. The average molecular weight is 340 g/mol. The van der Waals surface area contributed by atoms with Gasteiger partial charge in [0.15, 0.2) is 0 Å². The highest BCUT2D eigenvalue weighted by Crippen LogP contribution is 2.26. The molecule has 0 unspecified atom stereocenters. The second-order valence-corrected chi connectivity index (χ2v) is 6.15. The number of nitrogens with zero attached hydrogens (tertiary/aromatic N) is 1. The molecule has 1 aliphatic heterocycles. The van der Waals surface area contributed by atoms with Crippen molar-refractivity contribution in [3.05, 3.63) is 53.7 Å². The zero-order valence-electron chi connectivity index (χ0n) is 14.0. The lowest BCUT2D eigenvalue weighted by Crippen LogP contribution is -2.57. The SMILES string of the molecule is Cc1c(C(=O)NC2(C(=O)O)CCOCC2)cccc1-c1ccccn1. The van der Waals surface area contributed by atoms with Gasteiger partial charge in [0, 0.05) is 43.4 Å². The number of ether oxygens (including phenoxy) is 1. The molecular weight excluding hydrogens is 320 g/mol. The van der Waals surface area contributed by atoms with Crippen molar-refractivity contribution in [2.24, 2.45) is 0 Å². The van der Waals surface area contributed by atoms with Gasteiger partial charge in [-0.1, -0.05) is 18.2 Å². The summed E-state index contributed by atoms with van der Waals surface area (Å²) in [4.78, 5) is 28.9. The number of aromatic nitrogens is 1. The molecule has 1 saturated heterocycles. The molecule has 1 fully saturated rings. The lowest BCUT2D eigenvalue weighted by Gasteiger charge is -2.34. The van der Waals surface area contributed by atoms with Crippen LogP contribution in [0.5, 0.6) is 0 Å². The van der Waals surface area contributed by atoms with Crippen LogP contribution < -0.4 is 5.32 Å². The van der Waals surface area contributed by atoms with Crippen molar-refractivity contribution in [3.8, 4) is 11.3 Å². The van der Waals surface area contributed by atoms with E-state index in [0.717, 1.165) is 16.8 Å². The predicted molar refractivity (Wildman–Crippen MR) is 92.3 cm³/mol. The summed E-state index contributed by atoms with van der Waals surface area (Å²) in [7, 11) is 0. The highest BCUT2D eigenvalue weighted by Gasteiger charge is 2.41. The summed E-state index contributed by atoms with van der Waals surface area (Å²) < 4.78 is 5.24. The average Bonchev–Trinajstić information content (AvgIpc) is 2.63. The Kier molecular flexibility index (Phi) is 4.81. The number of pyridine rings is 1. The van der Waals surface area contributed by atoms with Crippen molar-refractivity contribution in [1.29, 1.82) is 0 Å². The van der Waals surface area contributed by atoms with Crippen LogP contribution in [0.3, 0.4) is 0 Å². The molecule has 3 rings (SSSR count). The van der Waals surface area contributed by atoms with Crippen LogP contribution in [0, 0.1) is 6.92 Å². The first-order chi connectivity index (χ1) is 12.0. The highest BCUT2D eigenvalue weighted by molar-refractivity contribution is 6.00. The van der Waals surface area contributed by atoms with Crippen LogP contribution in [0.4, 0.5) is 0 Å². The van der Waals surface area contributed by atoms with Gasteiger partial charge in [0.25, 0.3) is 5.91 Å². The van der Waals surface area contributed by atoms with E-state index < -0.39 is 11.5 Å². The second-order valence-electron chi connectivity index (χ2n) is 6.15. The predicted octanol–water partition coefficient (Wildman–Crippen LogP) is 2.42. The van der Waals surface area contributed by atoms with Crippen molar-refractivity contribution in [2.45, 2.75) is 25.3 Å². The third kappa shape index (κ3) is 3.39. The van der Waals surface area contributed by atoms with Gasteiger partial charge in [0.1, 0.15) is 5.54 Å². The van der Waals surface area contributed by atoms with Gasteiger partial charge in [0.05, 0.1) is 5.69 Å². The molecule has 0 atom stereocenters. The number of hydrogen-bond acceptors (Lipinski definition) is 4. The number of aliphatic carboxylic acids is 1. The van der Waals surface area contributed by atoms with Crippen LogP contribution in [0.15, 0.2) is 42.6 Å². The summed E-state index contributed by atoms with van der Waals surface area (Å²) in [6.07, 6.45) is 2.21. The topological polar surface area (TPSA) is 88.5 Å². The number of hydrogen-bond donors (Lipinski definition) is 2. The van der Waals surface area contributed by atoms with Crippen molar-refractivity contribution in [2.75, 3.05) is 13.2 Å². The largest absolute Gasteiger partial charge is 0.480 e. The molecule has 2 aromatic rings. The standard InChI is InChI=1S/C19H20N2O4/c1-13-14(16-7-2-3-10-20-16)5-4-6-15(13)17(22)21-19(18(23)24)8-11-25-12-9-19/h2-7,10H,8-9,11-12H2,1H3,(H,21,22)(H,23,24). The normalized spacial score (nSPS) is 16.2. The number of nitrogens with one attached hydrogen (secondary N) is 1. The number of rotatable bonds is 4. The van der Waals surface area contributed by atoms with Crippen molar-refractivity contribution in [3.63, 3.8) is 0 Å². The van der Waals surface area contributed by atoms with Gasteiger partial charge in [0.2, 0.25) is 0 Å². The molecule has 0 saturated carbocycles. The molecule has 130 valence electrons. The Morgan fingerprint density at radius 1 is 1.16 bits per heavy atom. The smallest absolute Gasteiger partial charge is 0.329 e. The number of carboxylic acid groups (broad SMARTS) is 1. The summed E-state index contributed by atoms with van der Waals surface area (Å²) in [6, 6.07) is 11.0. The minimum atomic E-state index is -1.28. The molecule has 1 amide bonds. The first kappa shape index (κ1) is 17.1. The van der Waals surface area contributed by atoms with E-state index in [4.69, 9.17) is 4.74 Å². The Morgan fingerprint density at radius 3 is 2.56 bits per heavy atom. The van der Waals surface area contributed by atoms with Crippen LogP contribution in [-0.4, -0.2) is 40.7 Å². The summed E-state index contributed by atoms with van der Waals surface area (Å²) in [5.41, 5.74) is 1.57. The van der Waals surface area contributed by atoms with E-state index >= 15 is 0 Å². The van der Waals surface area contributed by atoms with E-state index in [0.29, 0.717) is 18.8 Å². The van der Waals surface area contributed by atoms with Crippen LogP contribution in [0.2, 0.25) is 0 Å².